The summed E-state index contributed by atoms with van der Waals surface area (Å²) in [5.74, 6) is 0.542. The van der Waals surface area contributed by atoms with Gasteiger partial charge in [0.15, 0.2) is 5.13 Å². The van der Waals surface area contributed by atoms with Crippen molar-refractivity contribution in [3.05, 3.63) is 47.5 Å². The SMILES string of the molecule is COc1ccc(Cl)c2sc(NS(=O)(=O)c3ccccc3)nc12. The van der Waals surface area contributed by atoms with E-state index < -0.39 is 10.0 Å². The van der Waals surface area contributed by atoms with Crippen molar-refractivity contribution in [2.75, 3.05) is 11.8 Å². The van der Waals surface area contributed by atoms with Crippen LogP contribution in [-0.4, -0.2) is 20.5 Å². The molecule has 0 aliphatic carbocycles. The fourth-order valence-corrected chi connectivity index (χ4v) is 4.35. The molecule has 0 aliphatic heterocycles. The van der Waals surface area contributed by atoms with Crippen LogP contribution in [0.2, 0.25) is 5.02 Å². The predicted molar refractivity (Wildman–Crippen MR) is 88.4 cm³/mol. The van der Waals surface area contributed by atoms with Crippen LogP contribution >= 0.6 is 22.9 Å². The molecule has 22 heavy (non-hydrogen) atoms. The van der Waals surface area contributed by atoms with Gasteiger partial charge in [0.1, 0.15) is 11.3 Å². The maximum Gasteiger partial charge on any atom is 0.263 e. The molecule has 0 saturated carbocycles. The van der Waals surface area contributed by atoms with Crippen LogP contribution < -0.4 is 9.46 Å². The minimum absolute atomic E-state index is 0.173. The number of ether oxygens (including phenoxy) is 1. The second-order valence-electron chi connectivity index (χ2n) is 4.36. The third-order valence-electron chi connectivity index (χ3n) is 2.95. The molecule has 2 aromatic carbocycles. The number of methoxy groups -OCH3 is 1. The van der Waals surface area contributed by atoms with E-state index in [2.05, 4.69) is 9.71 Å². The second-order valence-corrected chi connectivity index (χ2v) is 7.45. The van der Waals surface area contributed by atoms with Crippen LogP contribution in [0, 0.1) is 0 Å². The molecule has 8 heteroatoms. The van der Waals surface area contributed by atoms with Gasteiger partial charge in [-0.15, -0.1) is 0 Å². The molecule has 5 nitrogen and oxygen atoms in total. The van der Waals surface area contributed by atoms with E-state index in [0.717, 1.165) is 11.3 Å². The van der Waals surface area contributed by atoms with Gasteiger partial charge in [-0.2, -0.15) is 0 Å². The van der Waals surface area contributed by atoms with Crippen molar-refractivity contribution < 1.29 is 13.2 Å². The maximum absolute atomic E-state index is 12.3. The summed E-state index contributed by atoms with van der Waals surface area (Å²) in [5.41, 5.74) is 0.533. The van der Waals surface area contributed by atoms with Gasteiger partial charge in [0.25, 0.3) is 10.0 Å². The van der Waals surface area contributed by atoms with E-state index in [1.807, 2.05) is 0 Å². The zero-order chi connectivity index (χ0) is 15.7. The lowest BCUT2D eigenvalue weighted by Gasteiger charge is -2.04. The lowest BCUT2D eigenvalue weighted by molar-refractivity contribution is 0.419. The number of nitrogens with one attached hydrogen (secondary N) is 1. The number of fused-ring (bicyclic) bond motifs is 1. The molecule has 0 amide bonds. The van der Waals surface area contributed by atoms with Crippen LogP contribution in [-0.2, 0) is 10.0 Å². The molecule has 1 aromatic heterocycles. The highest BCUT2D eigenvalue weighted by Gasteiger charge is 2.18. The summed E-state index contributed by atoms with van der Waals surface area (Å²) in [7, 11) is -2.16. The van der Waals surface area contributed by atoms with Gasteiger partial charge in [0.2, 0.25) is 0 Å². The van der Waals surface area contributed by atoms with Crippen LogP contribution in [0.1, 0.15) is 0 Å². The van der Waals surface area contributed by atoms with E-state index >= 15 is 0 Å². The quantitative estimate of drug-likeness (QED) is 0.774. The van der Waals surface area contributed by atoms with Crippen molar-refractivity contribution in [3.63, 3.8) is 0 Å². The van der Waals surface area contributed by atoms with Crippen molar-refractivity contribution in [2.24, 2.45) is 0 Å². The van der Waals surface area contributed by atoms with Gasteiger partial charge in [0.05, 0.1) is 21.7 Å². The van der Waals surface area contributed by atoms with Gasteiger partial charge in [-0.3, -0.25) is 4.72 Å². The highest BCUT2D eigenvalue weighted by molar-refractivity contribution is 7.93. The molecule has 0 unspecified atom stereocenters. The molecular formula is C14H11ClN2O3S2. The molecule has 1 N–H and O–H groups in total. The van der Waals surface area contributed by atoms with Gasteiger partial charge < -0.3 is 4.74 Å². The summed E-state index contributed by atoms with van der Waals surface area (Å²) >= 11 is 7.29. The molecule has 0 bridgehead atoms. The van der Waals surface area contributed by atoms with Crippen molar-refractivity contribution in [1.29, 1.82) is 0 Å². The molecule has 0 atom stereocenters. The van der Waals surface area contributed by atoms with E-state index in [0.29, 0.717) is 21.0 Å². The molecule has 3 aromatic rings. The minimum atomic E-state index is -3.68. The monoisotopic (exact) mass is 354 g/mol. The Balaban J connectivity index is 2.03. The van der Waals surface area contributed by atoms with Crippen LogP contribution in [0.5, 0.6) is 5.75 Å². The molecule has 0 radical (unpaired) electrons. The summed E-state index contributed by atoms with van der Waals surface area (Å²) in [5, 5.41) is 0.740. The van der Waals surface area contributed by atoms with E-state index in [9.17, 15) is 8.42 Å². The first-order valence-electron chi connectivity index (χ1n) is 6.22. The highest BCUT2D eigenvalue weighted by atomic mass is 35.5. The number of halogens is 1. The first-order valence-corrected chi connectivity index (χ1v) is 8.90. The van der Waals surface area contributed by atoms with Gasteiger partial charge in [-0.25, -0.2) is 13.4 Å². The van der Waals surface area contributed by atoms with E-state index in [-0.39, 0.29) is 10.0 Å². The summed E-state index contributed by atoms with van der Waals surface area (Å²) in [6.07, 6.45) is 0. The van der Waals surface area contributed by atoms with E-state index in [1.54, 1.807) is 30.3 Å². The van der Waals surface area contributed by atoms with E-state index in [1.165, 1.54) is 19.2 Å². The van der Waals surface area contributed by atoms with E-state index in [4.69, 9.17) is 16.3 Å². The topological polar surface area (TPSA) is 68.3 Å². The average Bonchev–Trinajstić information content (AvgIpc) is 2.92. The largest absolute Gasteiger partial charge is 0.494 e. The molecular weight excluding hydrogens is 344 g/mol. The number of hydrogen-bond acceptors (Lipinski definition) is 5. The lowest BCUT2D eigenvalue weighted by atomic mass is 10.3. The zero-order valence-corrected chi connectivity index (χ0v) is 13.8. The Bertz CT molecular complexity index is 924. The second kappa shape index (κ2) is 5.75. The first kappa shape index (κ1) is 15.1. The number of aromatic nitrogens is 1. The van der Waals surface area contributed by atoms with Crippen LogP contribution in [0.4, 0.5) is 5.13 Å². The number of nitrogens with zero attached hydrogens (tertiary/aromatic N) is 1. The predicted octanol–water partition coefficient (Wildman–Crippen LogP) is 3.76. The standard InChI is InChI=1S/C14H11ClN2O3S2/c1-20-11-8-7-10(15)13-12(11)16-14(21-13)17-22(18,19)9-5-3-2-4-6-9/h2-8H,1H3,(H,16,17). The molecule has 0 aliphatic rings. The lowest BCUT2D eigenvalue weighted by Crippen LogP contribution is -2.12. The Morgan fingerprint density at radius 3 is 2.59 bits per heavy atom. The van der Waals surface area contributed by atoms with Crippen LogP contribution in [0.15, 0.2) is 47.4 Å². The Kier molecular flexibility index (Phi) is 3.94. The number of sulfonamides is 1. The minimum Gasteiger partial charge on any atom is -0.494 e. The Labute approximate surface area is 136 Å². The third-order valence-corrected chi connectivity index (χ3v) is 5.87. The van der Waals surface area contributed by atoms with Crippen LogP contribution in [0.3, 0.4) is 0 Å². The number of rotatable bonds is 4. The fourth-order valence-electron chi connectivity index (χ4n) is 1.93. The normalized spacial score (nSPS) is 11.5. The summed E-state index contributed by atoms with van der Waals surface area (Å²) in [6, 6.07) is 11.5. The number of benzene rings is 2. The van der Waals surface area contributed by atoms with Gasteiger partial charge in [-0.1, -0.05) is 41.1 Å². The summed E-state index contributed by atoms with van der Waals surface area (Å²) < 4.78 is 33.0. The summed E-state index contributed by atoms with van der Waals surface area (Å²) in [6.45, 7) is 0. The molecule has 1 heterocycles. The van der Waals surface area contributed by atoms with Crippen molar-refractivity contribution in [1.82, 2.24) is 4.98 Å². The highest BCUT2D eigenvalue weighted by Crippen LogP contribution is 2.37. The zero-order valence-electron chi connectivity index (χ0n) is 11.4. The molecule has 0 fully saturated rings. The van der Waals surface area contributed by atoms with Crippen LogP contribution in [0.25, 0.3) is 10.2 Å². The fraction of sp³-hybridized carbons (Fsp3) is 0.0714. The Morgan fingerprint density at radius 2 is 1.91 bits per heavy atom. The Morgan fingerprint density at radius 1 is 1.18 bits per heavy atom. The number of hydrogen-bond donors (Lipinski definition) is 1. The maximum atomic E-state index is 12.3. The molecule has 3 rings (SSSR count). The van der Waals surface area contributed by atoms with Crippen molar-refractivity contribution in [2.45, 2.75) is 4.90 Å². The van der Waals surface area contributed by atoms with Crippen molar-refractivity contribution >= 4 is 48.3 Å². The Hall–Kier alpha value is -1.83. The first-order chi connectivity index (χ1) is 10.5. The molecule has 114 valence electrons. The smallest absolute Gasteiger partial charge is 0.263 e. The number of anilines is 1. The summed E-state index contributed by atoms with van der Waals surface area (Å²) in [4.78, 5) is 4.45. The van der Waals surface area contributed by atoms with Gasteiger partial charge in [-0.05, 0) is 24.3 Å². The van der Waals surface area contributed by atoms with Gasteiger partial charge in [0, 0.05) is 0 Å². The third kappa shape index (κ3) is 2.75. The number of thiazole rings is 1. The molecule has 0 spiro atoms. The molecule has 0 saturated heterocycles. The van der Waals surface area contributed by atoms with Crippen molar-refractivity contribution in [3.8, 4) is 5.75 Å². The average molecular weight is 355 g/mol. The van der Waals surface area contributed by atoms with Gasteiger partial charge >= 0.3 is 0 Å².